The van der Waals surface area contributed by atoms with Crippen LogP contribution in [0.1, 0.15) is 21.3 Å². The Labute approximate surface area is 51.2 Å². The minimum Gasteiger partial charge on any atom is -0.396 e. The molecule has 0 aromatic rings. The van der Waals surface area contributed by atoms with Crippen molar-refractivity contribution in [2.75, 3.05) is 6.61 Å². The van der Waals surface area contributed by atoms with Crippen LogP contribution in [0.25, 0.3) is 0 Å². The molecule has 0 spiro atoms. The van der Waals surface area contributed by atoms with Gasteiger partial charge in [0.2, 0.25) is 0 Å². The molecule has 2 heteroatoms. The number of aliphatic hydroxyl groups excluding tert-OH is 2. The Kier molecular flexibility index (Phi) is 6.85. The molecule has 0 aromatic heterocycles. The van der Waals surface area contributed by atoms with Crippen molar-refractivity contribution in [3.63, 3.8) is 0 Å². The van der Waals surface area contributed by atoms with Crippen LogP contribution in [0.4, 0.5) is 0 Å². The van der Waals surface area contributed by atoms with Crippen molar-refractivity contribution < 1.29 is 10.2 Å². The molecule has 0 amide bonds. The van der Waals surface area contributed by atoms with Gasteiger partial charge in [-0.1, -0.05) is 14.4 Å². The Morgan fingerprint density at radius 1 is 1.38 bits per heavy atom. The first-order chi connectivity index (χ1) is 3.18. The van der Waals surface area contributed by atoms with Gasteiger partial charge in [-0.3, -0.25) is 0 Å². The SMILES string of the molecule is C.C[C@H](CO)[C@@H](C)O. The second-order valence-corrected chi connectivity index (χ2v) is 1.90. The fourth-order valence-corrected chi connectivity index (χ4v) is 0.153. The van der Waals surface area contributed by atoms with Gasteiger partial charge in [-0.2, -0.15) is 0 Å². The lowest BCUT2D eigenvalue weighted by Gasteiger charge is -2.08. The predicted octanol–water partition coefficient (Wildman–Crippen LogP) is 0.632. The zero-order valence-electron chi connectivity index (χ0n) is 4.76. The quantitative estimate of drug-likeness (QED) is 0.561. The summed E-state index contributed by atoms with van der Waals surface area (Å²) in [6, 6.07) is 0. The molecule has 0 aromatic carbocycles. The van der Waals surface area contributed by atoms with Gasteiger partial charge in [0.1, 0.15) is 0 Å². The zero-order valence-corrected chi connectivity index (χ0v) is 4.76. The van der Waals surface area contributed by atoms with E-state index in [2.05, 4.69) is 0 Å². The van der Waals surface area contributed by atoms with E-state index in [9.17, 15) is 0 Å². The van der Waals surface area contributed by atoms with E-state index in [1.54, 1.807) is 13.8 Å². The van der Waals surface area contributed by atoms with Gasteiger partial charge in [-0.05, 0) is 6.92 Å². The largest absolute Gasteiger partial charge is 0.396 e. The normalized spacial score (nSPS) is 16.5. The van der Waals surface area contributed by atoms with E-state index < -0.39 is 0 Å². The lowest BCUT2D eigenvalue weighted by Crippen LogP contribution is -2.16. The first-order valence-corrected chi connectivity index (χ1v) is 2.47. The molecule has 0 rings (SSSR count). The van der Waals surface area contributed by atoms with E-state index in [1.807, 2.05) is 0 Å². The van der Waals surface area contributed by atoms with Gasteiger partial charge >= 0.3 is 0 Å². The van der Waals surface area contributed by atoms with Crippen LogP contribution < -0.4 is 0 Å². The topological polar surface area (TPSA) is 40.5 Å². The third kappa shape index (κ3) is 4.09. The summed E-state index contributed by atoms with van der Waals surface area (Å²) in [5.74, 6) is 0.0139. The van der Waals surface area contributed by atoms with Gasteiger partial charge in [0.05, 0.1) is 6.10 Å². The van der Waals surface area contributed by atoms with E-state index in [4.69, 9.17) is 10.2 Å². The molecule has 0 aliphatic heterocycles. The van der Waals surface area contributed by atoms with Crippen molar-refractivity contribution in [1.29, 1.82) is 0 Å². The minimum absolute atomic E-state index is 0. The third-order valence-corrected chi connectivity index (χ3v) is 1.11. The highest BCUT2D eigenvalue weighted by molar-refractivity contribution is 4.54. The molecule has 0 saturated heterocycles. The van der Waals surface area contributed by atoms with Crippen LogP contribution in [0.5, 0.6) is 0 Å². The van der Waals surface area contributed by atoms with Gasteiger partial charge in [0, 0.05) is 12.5 Å². The van der Waals surface area contributed by atoms with Crippen molar-refractivity contribution in [3.8, 4) is 0 Å². The molecule has 2 atom stereocenters. The molecule has 0 bridgehead atoms. The Balaban J connectivity index is 0. The van der Waals surface area contributed by atoms with Gasteiger partial charge in [0.25, 0.3) is 0 Å². The Morgan fingerprint density at radius 2 is 1.75 bits per heavy atom. The van der Waals surface area contributed by atoms with Crippen LogP contribution in [0.15, 0.2) is 0 Å². The first kappa shape index (κ1) is 10.8. The van der Waals surface area contributed by atoms with Crippen molar-refractivity contribution in [2.45, 2.75) is 27.4 Å². The third-order valence-electron chi connectivity index (χ3n) is 1.11. The summed E-state index contributed by atoms with van der Waals surface area (Å²) in [5, 5.41) is 17.0. The van der Waals surface area contributed by atoms with E-state index in [1.165, 1.54) is 0 Å². The lowest BCUT2D eigenvalue weighted by molar-refractivity contribution is 0.0913. The summed E-state index contributed by atoms with van der Waals surface area (Å²) in [5.41, 5.74) is 0. The van der Waals surface area contributed by atoms with Crippen LogP contribution in [0, 0.1) is 5.92 Å². The van der Waals surface area contributed by atoms with E-state index in [-0.39, 0.29) is 26.1 Å². The second-order valence-electron chi connectivity index (χ2n) is 1.90. The smallest absolute Gasteiger partial charge is 0.0559 e. The van der Waals surface area contributed by atoms with Crippen molar-refractivity contribution >= 4 is 0 Å². The number of hydrogen-bond donors (Lipinski definition) is 2. The van der Waals surface area contributed by atoms with Crippen LogP contribution in [-0.4, -0.2) is 22.9 Å². The highest BCUT2D eigenvalue weighted by Crippen LogP contribution is 1.97. The Morgan fingerprint density at radius 3 is 1.75 bits per heavy atom. The molecular formula is C6H16O2. The molecule has 2 nitrogen and oxygen atoms in total. The van der Waals surface area contributed by atoms with Crippen molar-refractivity contribution in [2.24, 2.45) is 5.92 Å². The summed E-state index contributed by atoms with van der Waals surface area (Å²) < 4.78 is 0. The van der Waals surface area contributed by atoms with Crippen molar-refractivity contribution in [1.82, 2.24) is 0 Å². The molecule has 52 valence electrons. The summed E-state index contributed by atoms with van der Waals surface area (Å²) in [6.45, 7) is 3.53. The predicted molar refractivity (Wildman–Crippen MR) is 34.7 cm³/mol. The van der Waals surface area contributed by atoms with Gasteiger partial charge in [0.15, 0.2) is 0 Å². The molecule has 0 unspecified atom stereocenters. The maximum Gasteiger partial charge on any atom is 0.0559 e. The van der Waals surface area contributed by atoms with Gasteiger partial charge in [-0.15, -0.1) is 0 Å². The fraction of sp³-hybridized carbons (Fsp3) is 1.00. The maximum atomic E-state index is 8.66. The van der Waals surface area contributed by atoms with Crippen LogP contribution in [0.2, 0.25) is 0 Å². The standard InChI is InChI=1S/C5H12O2.CH4/c1-4(3-6)5(2)7;/h4-7H,3H2,1-2H3;1H4/t4-,5-;/m1./s1. The molecule has 0 saturated carbocycles. The molecular weight excluding hydrogens is 104 g/mol. The maximum absolute atomic E-state index is 8.66. The Hall–Kier alpha value is -0.0800. The minimum atomic E-state index is -0.384. The number of rotatable bonds is 2. The zero-order chi connectivity index (χ0) is 5.86. The molecule has 2 N–H and O–H groups in total. The summed E-state index contributed by atoms with van der Waals surface area (Å²) in [4.78, 5) is 0. The van der Waals surface area contributed by atoms with Gasteiger partial charge in [-0.25, -0.2) is 0 Å². The second kappa shape index (κ2) is 5.06. The Bertz CT molecular complexity index is 43.8. The van der Waals surface area contributed by atoms with Crippen LogP contribution in [-0.2, 0) is 0 Å². The summed E-state index contributed by atoms with van der Waals surface area (Å²) in [7, 11) is 0. The van der Waals surface area contributed by atoms with E-state index >= 15 is 0 Å². The fourth-order valence-electron chi connectivity index (χ4n) is 0.153. The summed E-state index contributed by atoms with van der Waals surface area (Å²) in [6.07, 6.45) is -0.384. The highest BCUT2D eigenvalue weighted by atomic mass is 16.3. The van der Waals surface area contributed by atoms with Crippen molar-refractivity contribution in [3.05, 3.63) is 0 Å². The average Bonchev–Trinajstić information content (AvgIpc) is 1.65. The van der Waals surface area contributed by atoms with Gasteiger partial charge < -0.3 is 10.2 Å². The lowest BCUT2D eigenvalue weighted by atomic mass is 10.1. The van der Waals surface area contributed by atoms with E-state index in [0.717, 1.165) is 0 Å². The molecule has 0 aliphatic carbocycles. The first-order valence-electron chi connectivity index (χ1n) is 2.47. The number of hydrogen-bond acceptors (Lipinski definition) is 2. The number of aliphatic hydroxyl groups is 2. The molecule has 0 aliphatic rings. The molecule has 0 heterocycles. The average molecular weight is 120 g/mol. The summed E-state index contributed by atoms with van der Waals surface area (Å²) >= 11 is 0. The van der Waals surface area contributed by atoms with E-state index in [0.29, 0.717) is 0 Å². The highest BCUT2D eigenvalue weighted by Gasteiger charge is 2.04. The molecule has 0 fully saturated rings. The van der Waals surface area contributed by atoms with Crippen LogP contribution >= 0.6 is 0 Å². The van der Waals surface area contributed by atoms with Crippen LogP contribution in [0.3, 0.4) is 0 Å². The molecule has 8 heavy (non-hydrogen) atoms. The monoisotopic (exact) mass is 120 g/mol. The molecule has 0 radical (unpaired) electrons.